The van der Waals surface area contributed by atoms with E-state index in [4.69, 9.17) is 9.47 Å². The van der Waals surface area contributed by atoms with Gasteiger partial charge in [-0.05, 0) is 26.0 Å². The molecule has 118 valence electrons. The molecule has 1 N–H and O–H groups in total. The Morgan fingerprint density at radius 1 is 1.30 bits per heavy atom. The number of aromatic hydroxyl groups is 1. The molecular weight excluding hydrogens is 302 g/mol. The van der Waals surface area contributed by atoms with Gasteiger partial charge in [-0.25, -0.2) is 9.98 Å². The van der Waals surface area contributed by atoms with Gasteiger partial charge in [-0.1, -0.05) is 0 Å². The average Bonchev–Trinajstić information content (AvgIpc) is 2.45. The summed E-state index contributed by atoms with van der Waals surface area (Å²) in [4.78, 5) is 18.5. The van der Waals surface area contributed by atoms with Crippen molar-refractivity contribution >= 4 is 11.6 Å². The van der Waals surface area contributed by atoms with Gasteiger partial charge in [-0.2, -0.15) is 0 Å². The summed E-state index contributed by atoms with van der Waals surface area (Å²) >= 11 is 0. The van der Waals surface area contributed by atoms with Gasteiger partial charge in [-0.15, -0.1) is 0 Å². The quantitative estimate of drug-likeness (QED) is 0.674. The first-order valence-electron chi connectivity index (χ1n) is 6.75. The zero-order chi connectivity index (χ0) is 16.6. The fourth-order valence-electron chi connectivity index (χ4n) is 2.14. The van der Waals surface area contributed by atoms with Gasteiger partial charge in [0.05, 0.1) is 10.5 Å². The second-order valence-corrected chi connectivity index (χ2v) is 5.36. The molecule has 1 aliphatic rings. The molecule has 0 fully saturated rings. The minimum Gasteiger partial charge on any atom is -0.493 e. The molecule has 0 bridgehead atoms. The Balaban J connectivity index is 2.05. The first-order valence-corrected chi connectivity index (χ1v) is 6.75. The predicted octanol–water partition coefficient (Wildman–Crippen LogP) is 2.65. The number of hydrogen-bond acceptors (Lipinski definition) is 7. The third kappa shape index (κ3) is 3.05. The van der Waals surface area contributed by atoms with Crippen molar-refractivity contribution in [1.82, 2.24) is 4.98 Å². The molecule has 1 aromatic carbocycles. The Morgan fingerprint density at radius 3 is 2.78 bits per heavy atom. The van der Waals surface area contributed by atoms with E-state index in [1.807, 2.05) is 0 Å². The van der Waals surface area contributed by atoms with Crippen LogP contribution in [0.1, 0.15) is 19.4 Å². The first kappa shape index (κ1) is 14.8. The molecule has 0 unspecified atom stereocenters. The van der Waals surface area contributed by atoms with E-state index in [-0.39, 0.29) is 17.5 Å². The highest BCUT2D eigenvalue weighted by atomic mass is 16.6. The van der Waals surface area contributed by atoms with Gasteiger partial charge in [0.25, 0.3) is 5.69 Å². The Kier molecular flexibility index (Phi) is 3.36. The summed E-state index contributed by atoms with van der Waals surface area (Å²) in [6.45, 7) is 3.48. The minimum absolute atomic E-state index is 0.0964. The summed E-state index contributed by atoms with van der Waals surface area (Å²) in [6, 6.07) is 7.07. The highest BCUT2D eigenvalue weighted by Crippen LogP contribution is 2.33. The van der Waals surface area contributed by atoms with Crippen molar-refractivity contribution in [2.45, 2.75) is 19.6 Å². The Morgan fingerprint density at radius 2 is 2.09 bits per heavy atom. The Labute approximate surface area is 131 Å². The molecule has 0 amide bonds. The van der Waals surface area contributed by atoms with E-state index in [9.17, 15) is 15.2 Å². The highest BCUT2D eigenvalue weighted by molar-refractivity contribution is 5.99. The second-order valence-electron chi connectivity index (χ2n) is 5.36. The van der Waals surface area contributed by atoms with Crippen LogP contribution in [-0.4, -0.2) is 26.6 Å². The predicted molar refractivity (Wildman–Crippen MR) is 80.9 cm³/mol. The molecule has 23 heavy (non-hydrogen) atoms. The highest BCUT2D eigenvalue weighted by Gasteiger charge is 2.31. The van der Waals surface area contributed by atoms with Crippen LogP contribution < -0.4 is 9.47 Å². The number of non-ortho nitro benzene ring substituents is 1. The lowest BCUT2D eigenvalue weighted by Gasteiger charge is -2.29. The second kappa shape index (κ2) is 5.24. The van der Waals surface area contributed by atoms with Crippen LogP contribution in [0.15, 0.2) is 41.5 Å². The lowest BCUT2D eigenvalue weighted by atomic mass is 10.1. The number of rotatable bonds is 2. The van der Waals surface area contributed by atoms with Crippen molar-refractivity contribution in [3.63, 3.8) is 0 Å². The molecule has 2 heterocycles. The van der Waals surface area contributed by atoms with Crippen LogP contribution in [0, 0.1) is 10.1 Å². The van der Waals surface area contributed by atoms with Gasteiger partial charge in [0, 0.05) is 24.4 Å². The SMILES string of the molecule is CC1(C)N=C(Oc2ccnc(O)c2)c2cc([N+](=O)[O-])ccc2O1. The lowest BCUT2D eigenvalue weighted by Crippen LogP contribution is -2.34. The molecule has 8 nitrogen and oxygen atoms in total. The van der Waals surface area contributed by atoms with Crippen LogP contribution in [0.4, 0.5) is 5.69 Å². The standard InChI is InChI=1S/C15H13N3O5/c1-15(2)17-14(22-10-5-6-16-13(19)8-10)11-7-9(18(20)21)3-4-12(11)23-15/h3-8H,1-2H3,(H,16,19). The van der Waals surface area contributed by atoms with E-state index in [1.165, 1.54) is 30.5 Å². The van der Waals surface area contributed by atoms with Crippen LogP contribution in [0.2, 0.25) is 0 Å². The Hall–Kier alpha value is -3.16. The molecular formula is C15H13N3O5. The summed E-state index contributed by atoms with van der Waals surface area (Å²) in [5, 5.41) is 20.4. The third-order valence-corrected chi connectivity index (χ3v) is 3.07. The Bertz CT molecular complexity index is 817. The molecule has 1 aliphatic heterocycles. The molecule has 1 aromatic heterocycles. The van der Waals surface area contributed by atoms with Gasteiger partial charge < -0.3 is 14.6 Å². The molecule has 0 saturated carbocycles. The number of benzene rings is 1. The fourth-order valence-corrected chi connectivity index (χ4v) is 2.14. The van der Waals surface area contributed by atoms with Gasteiger partial charge >= 0.3 is 0 Å². The van der Waals surface area contributed by atoms with Crippen molar-refractivity contribution in [2.75, 3.05) is 0 Å². The van der Waals surface area contributed by atoms with Crippen LogP contribution in [0.3, 0.4) is 0 Å². The molecule has 3 rings (SSSR count). The maximum atomic E-state index is 11.0. The third-order valence-electron chi connectivity index (χ3n) is 3.07. The summed E-state index contributed by atoms with van der Waals surface area (Å²) in [5.74, 6) is 0.717. The van der Waals surface area contributed by atoms with Crippen molar-refractivity contribution in [1.29, 1.82) is 0 Å². The van der Waals surface area contributed by atoms with E-state index >= 15 is 0 Å². The summed E-state index contributed by atoms with van der Waals surface area (Å²) < 4.78 is 11.4. The van der Waals surface area contributed by atoms with Crippen LogP contribution >= 0.6 is 0 Å². The van der Waals surface area contributed by atoms with Crippen LogP contribution in [0.5, 0.6) is 17.4 Å². The topological polar surface area (TPSA) is 107 Å². The maximum absolute atomic E-state index is 11.0. The number of aromatic nitrogens is 1. The molecule has 0 aliphatic carbocycles. The normalized spacial score (nSPS) is 15.1. The molecule has 0 saturated heterocycles. The smallest absolute Gasteiger partial charge is 0.270 e. The summed E-state index contributed by atoms with van der Waals surface area (Å²) in [7, 11) is 0. The van der Waals surface area contributed by atoms with Gasteiger partial charge in [0.2, 0.25) is 11.8 Å². The van der Waals surface area contributed by atoms with E-state index in [0.717, 1.165) is 0 Å². The molecule has 0 spiro atoms. The van der Waals surface area contributed by atoms with Crippen molar-refractivity contribution in [3.8, 4) is 17.4 Å². The van der Waals surface area contributed by atoms with Crippen molar-refractivity contribution in [3.05, 3.63) is 52.2 Å². The van der Waals surface area contributed by atoms with E-state index in [2.05, 4.69) is 9.98 Å². The van der Waals surface area contributed by atoms with Crippen molar-refractivity contribution in [2.24, 2.45) is 4.99 Å². The zero-order valence-corrected chi connectivity index (χ0v) is 12.4. The number of pyridine rings is 1. The largest absolute Gasteiger partial charge is 0.493 e. The summed E-state index contributed by atoms with van der Waals surface area (Å²) in [5.41, 5.74) is -0.608. The number of nitro benzene ring substituents is 1. The molecule has 8 heteroatoms. The number of aliphatic imine (C=N–C) groups is 1. The summed E-state index contributed by atoms with van der Waals surface area (Å²) in [6.07, 6.45) is 1.38. The van der Waals surface area contributed by atoms with Gasteiger partial charge in [0.1, 0.15) is 11.5 Å². The van der Waals surface area contributed by atoms with Crippen LogP contribution in [0.25, 0.3) is 0 Å². The van der Waals surface area contributed by atoms with E-state index < -0.39 is 10.6 Å². The molecule has 2 aromatic rings. The average molecular weight is 315 g/mol. The molecule has 0 atom stereocenters. The van der Waals surface area contributed by atoms with Gasteiger partial charge in [-0.3, -0.25) is 10.1 Å². The van der Waals surface area contributed by atoms with Crippen molar-refractivity contribution < 1.29 is 19.5 Å². The van der Waals surface area contributed by atoms with E-state index in [0.29, 0.717) is 17.1 Å². The number of nitro groups is 1. The number of hydrogen-bond donors (Lipinski definition) is 1. The number of nitrogens with zero attached hydrogens (tertiary/aromatic N) is 3. The zero-order valence-electron chi connectivity index (χ0n) is 12.4. The lowest BCUT2D eigenvalue weighted by molar-refractivity contribution is -0.384. The monoisotopic (exact) mass is 315 g/mol. The van der Waals surface area contributed by atoms with Crippen LogP contribution in [-0.2, 0) is 0 Å². The number of ether oxygens (including phenoxy) is 2. The van der Waals surface area contributed by atoms with Gasteiger partial charge in [0.15, 0.2) is 5.72 Å². The van der Waals surface area contributed by atoms with E-state index in [1.54, 1.807) is 19.9 Å². The molecule has 0 radical (unpaired) electrons. The maximum Gasteiger partial charge on any atom is 0.270 e. The first-order chi connectivity index (χ1) is 10.8. The number of fused-ring (bicyclic) bond motifs is 1. The fraction of sp³-hybridized carbons (Fsp3) is 0.200. The minimum atomic E-state index is -0.881.